The molecular formula is C12H18N2O2. The fourth-order valence-corrected chi connectivity index (χ4v) is 1.52. The van der Waals surface area contributed by atoms with Crippen LogP contribution in [0.2, 0.25) is 0 Å². The normalized spacial score (nSPS) is 14.2. The monoisotopic (exact) mass is 222 g/mol. The van der Waals surface area contributed by atoms with Crippen LogP contribution in [-0.4, -0.2) is 26.2 Å². The molecule has 1 amide bonds. The summed E-state index contributed by atoms with van der Waals surface area (Å²) in [5.74, 6) is -0.167. The fourth-order valence-electron chi connectivity index (χ4n) is 1.52. The van der Waals surface area contributed by atoms with Crippen molar-refractivity contribution in [3.8, 4) is 0 Å². The summed E-state index contributed by atoms with van der Waals surface area (Å²) in [5.41, 5.74) is 6.17. The molecular weight excluding hydrogens is 204 g/mol. The predicted octanol–water partition coefficient (Wildman–Crippen LogP) is 0.623. The smallest absolute Gasteiger partial charge is 0.246 e. The van der Waals surface area contributed by atoms with E-state index in [4.69, 9.17) is 10.5 Å². The van der Waals surface area contributed by atoms with Gasteiger partial charge in [-0.3, -0.25) is 4.79 Å². The van der Waals surface area contributed by atoms with Crippen LogP contribution in [0.5, 0.6) is 0 Å². The second-order valence-corrected chi connectivity index (χ2v) is 3.88. The fraction of sp³-hybridized carbons (Fsp3) is 0.417. The number of carbonyl (C=O) groups excluding carboxylic acids is 1. The van der Waals surface area contributed by atoms with Crippen molar-refractivity contribution in [2.75, 3.05) is 20.3 Å². The number of ether oxygens (including phenoxy) is 1. The van der Waals surface area contributed by atoms with Gasteiger partial charge in [0.05, 0.1) is 5.54 Å². The molecule has 16 heavy (non-hydrogen) atoms. The highest BCUT2D eigenvalue weighted by molar-refractivity contribution is 5.78. The van der Waals surface area contributed by atoms with Crippen LogP contribution in [0.15, 0.2) is 30.3 Å². The predicted molar refractivity (Wildman–Crippen MR) is 62.9 cm³/mol. The third-order valence-corrected chi connectivity index (χ3v) is 2.51. The molecule has 0 saturated heterocycles. The van der Waals surface area contributed by atoms with Gasteiger partial charge in [0.2, 0.25) is 5.91 Å². The number of nitrogens with one attached hydrogen (secondary N) is 1. The zero-order chi connectivity index (χ0) is 12.0. The topological polar surface area (TPSA) is 64.3 Å². The highest BCUT2D eigenvalue weighted by Gasteiger charge is 2.26. The number of rotatable bonds is 5. The number of benzene rings is 1. The maximum atomic E-state index is 11.5. The number of methoxy groups -OCH3 is 1. The van der Waals surface area contributed by atoms with E-state index in [0.717, 1.165) is 5.56 Å². The summed E-state index contributed by atoms with van der Waals surface area (Å²) in [6, 6.07) is 9.66. The van der Waals surface area contributed by atoms with E-state index in [-0.39, 0.29) is 12.5 Å². The molecule has 0 radical (unpaired) electrons. The summed E-state index contributed by atoms with van der Waals surface area (Å²) >= 11 is 0. The molecule has 88 valence electrons. The molecule has 0 saturated carbocycles. The van der Waals surface area contributed by atoms with Gasteiger partial charge in [0, 0.05) is 13.7 Å². The first-order chi connectivity index (χ1) is 7.62. The minimum absolute atomic E-state index is 0.0441. The van der Waals surface area contributed by atoms with E-state index in [0.29, 0.717) is 6.54 Å². The molecule has 3 N–H and O–H groups in total. The Morgan fingerprint density at radius 3 is 2.56 bits per heavy atom. The van der Waals surface area contributed by atoms with E-state index in [2.05, 4.69) is 5.32 Å². The maximum Gasteiger partial charge on any atom is 0.246 e. The Bertz CT molecular complexity index is 340. The third-order valence-electron chi connectivity index (χ3n) is 2.51. The van der Waals surface area contributed by atoms with Gasteiger partial charge in [-0.05, 0) is 12.5 Å². The van der Waals surface area contributed by atoms with Gasteiger partial charge < -0.3 is 15.8 Å². The molecule has 0 fully saturated rings. The lowest BCUT2D eigenvalue weighted by atomic mass is 9.92. The maximum absolute atomic E-state index is 11.5. The molecule has 0 aliphatic heterocycles. The number of hydrogen-bond donors (Lipinski definition) is 2. The van der Waals surface area contributed by atoms with Gasteiger partial charge in [0.1, 0.15) is 6.61 Å². The van der Waals surface area contributed by atoms with Crippen molar-refractivity contribution in [2.24, 2.45) is 5.73 Å². The lowest BCUT2D eigenvalue weighted by Gasteiger charge is -2.29. The quantitative estimate of drug-likeness (QED) is 0.767. The van der Waals surface area contributed by atoms with Crippen LogP contribution in [0.25, 0.3) is 0 Å². The van der Waals surface area contributed by atoms with E-state index >= 15 is 0 Å². The second kappa shape index (κ2) is 5.63. The van der Waals surface area contributed by atoms with Crippen LogP contribution < -0.4 is 11.1 Å². The summed E-state index contributed by atoms with van der Waals surface area (Å²) in [6.07, 6.45) is 0. The Morgan fingerprint density at radius 1 is 1.44 bits per heavy atom. The standard InChI is InChI=1S/C12H18N2O2/c1-12(9-13,14-11(15)8-16-2)10-6-4-3-5-7-10/h3-7H,8-9,13H2,1-2H3,(H,14,15). The number of amides is 1. The van der Waals surface area contributed by atoms with Crippen molar-refractivity contribution in [3.63, 3.8) is 0 Å². The summed E-state index contributed by atoms with van der Waals surface area (Å²) in [5, 5.41) is 2.87. The first-order valence-corrected chi connectivity index (χ1v) is 5.18. The Hall–Kier alpha value is -1.39. The highest BCUT2D eigenvalue weighted by atomic mass is 16.5. The van der Waals surface area contributed by atoms with Crippen molar-refractivity contribution < 1.29 is 9.53 Å². The Kier molecular flexibility index (Phi) is 4.46. The molecule has 0 aliphatic rings. The van der Waals surface area contributed by atoms with E-state index < -0.39 is 5.54 Å². The second-order valence-electron chi connectivity index (χ2n) is 3.88. The minimum Gasteiger partial charge on any atom is -0.375 e. The van der Waals surface area contributed by atoms with Gasteiger partial charge in [-0.25, -0.2) is 0 Å². The van der Waals surface area contributed by atoms with Crippen LogP contribution in [0.3, 0.4) is 0 Å². The van der Waals surface area contributed by atoms with Crippen LogP contribution >= 0.6 is 0 Å². The SMILES string of the molecule is COCC(=O)NC(C)(CN)c1ccccc1. The molecule has 4 heteroatoms. The molecule has 0 aliphatic carbocycles. The first-order valence-electron chi connectivity index (χ1n) is 5.18. The van der Waals surface area contributed by atoms with Crippen LogP contribution in [0.1, 0.15) is 12.5 Å². The van der Waals surface area contributed by atoms with Crippen molar-refractivity contribution in [2.45, 2.75) is 12.5 Å². The number of carbonyl (C=O) groups is 1. The summed E-state index contributed by atoms with van der Waals surface area (Å²) < 4.78 is 4.78. The van der Waals surface area contributed by atoms with Crippen molar-refractivity contribution in [3.05, 3.63) is 35.9 Å². The van der Waals surface area contributed by atoms with Gasteiger partial charge in [0.15, 0.2) is 0 Å². The van der Waals surface area contributed by atoms with Gasteiger partial charge in [-0.2, -0.15) is 0 Å². The molecule has 1 aromatic rings. The lowest BCUT2D eigenvalue weighted by molar-refractivity contribution is -0.126. The first kappa shape index (κ1) is 12.7. The van der Waals surface area contributed by atoms with E-state index in [9.17, 15) is 4.79 Å². The Morgan fingerprint density at radius 2 is 2.06 bits per heavy atom. The van der Waals surface area contributed by atoms with Crippen molar-refractivity contribution in [1.82, 2.24) is 5.32 Å². The van der Waals surface area contributed by atoms with Crippen LogP contribution in [-0.2, 0) is 15.1 Å². The average Bonchev–Trinajstić information content (AvgIpc) is 2.30. The Balaban J connectivity index is 2.82. The van der Waals surface area contributed by atoms with E-state index in [1.165, 1.54) is 7.11 Å². The molecule has 1 unspecified atom stereocenters. The summed E-state index contributed by atoms with van der Waals surface area (Å²) in [7, 11) is 1.49. The molecule has 0 heterocycles. The zero-order valence-electron chi connectivity index (χ0n) is 9.69. The highest BCUT2D eigenvalue weighted by Crippen LogP contribution is 2.18. The summed E-state index contributed by atoms with van der Waals surface area (Å²) in [6.45, 7) is 2.28. The minimum atomic E-state index is -0.545. The van der Waals surface area contributed by atoms with Gasteiger partial charge >= 0.3 is 0 Å². The van der Waals surface area contributed by atoms with E-state index in [1.54, 1.807) is 0 Å². The summed E-state index contributed by atoms with van der Waals surface area (Å²) in [4.78, 5) is 11.5. The molecule has 4 nitrogen and oxygen atoms in total. The Labute approximate surface area is 95.8 Å². The number of hydrogen-bond acceptors (Lipinski definition) is 3. The van der Waals surface area contributed by atoms with E-state index in [1.807, 2.05) is 37.3 Å². The molecule has 1 rings (SSSR count). The van der Waals surface area contributed by atoms with Gasteiger partial charge in [-0.1, -0.05) is 30.3 Å². The average molecular weight is 222 g/mol. The zero-order valence-corrected chi connectivity index (χ0v) is 9.69. The van der Waals surface area contributed by atoms with Crippen molar-refractivity contribution in [1.29, 1.82) is 0 Å². The largest absolute Gasteiger partial charge is 0.375 e. The van der Waals surface area contributed by atoms with Crippen LogP contribution in [0, 0.1) is 0 Å². The molecule has 1 aromatic carbocycles. The van der Waals surface area contributed by atoms with Gasteiger partial charge in [0.25, 0.3) is 0 Å². The third kappa shape index (κ3) is 3.05. The van der Waals surface area contributed by atoms with Crippen LogP contribution in [0.4, 0.5) is 0 Å². The molecule has 0 aromatic heterocycles. The van der Waals surface area contributed by atoms with Crippen molar-refractivity contribution >= 4 is 5.91 Å². The number of nitrogens with two attached hydrogens (primary N) is 1. The molecule has 1 atom stereocenters. The molecule has 0 spiro atoms. The molecule has 0 bridgehead atoms. The van der Waals surface area contributed by atoms with Gasteiger partial charge in [-0.15, -0.1) is 0 Å². The lowest BCUT2D eigenvalue weighted by Crippen LogP contribution is -2.49.